The summed E-state index contributed by atoms with van der Waals surface area (Å²) in [6.45, 7) is 3.36. The largest absolute Gasteiger partial charge is 0.451 e. The lowest BCUT2D eigenvalue weighted by Crippen LogP contribution is -2.29. The highest BCUT2D eigenvalue weighted by Crippen LogP contribution is 2.20. The highest BCUT2D eigenvalue weighted by Gasteiger charge is 2.26. The summed E-state index contributed by atoms with van der Waals surface area (Å²) in [5.41, 5.74) is -0.357. The van der Waals surface area contributed by atoms with E-state index in [0.29, 0.717) is 0 Å². The summed E-state index contributed by atoms with van der Waals surface area (Å²) in [5, 5.41) is 7.07. The fraction of sp³-hybridized carbons (Fsp3) is 0.273. The van der Waals surface area contributed by atoms with Crippen LogP contribution in [-0.4, -0.2) is 42.4 Å². The number of halogens is 2. The normalized spacial score (nSPS) is 11.7. The first-order valence-electron chi connectivity index (χ1n) is 10.1. The first kappa shape index (κ1) is 25.0. The highest BCUT2D eigenvalue weighted by molar-refractivity contribution is 7.91. The molecule has 0 fully saturated rings. The minimum atomic E-state index is -4.75. The topological polar surface area (TPSA) is 124 Å². The first-order valence-corrected chi connectivity index (χ1v) is 11.6. The van der Waals surface area contributed by atoms with E-state index in [9.17, 15) is 31.6 Å². The molecule has 0 aliphatic carbocycles. The molecule has 12 heteroatoms. The Balaban J connectivity index is 1.73. The third kappa shape index (κ3) is 5.45. The number of hydrogen-bond donors (Lipinski definition) is 1. The molecule has 1 amide bonds. The average Bonchev–Trinajstić information content (AvgIpc) is 2.79. The standard InChI is InChI=1S/C22H21F2N3O6S/c1-13(2)11-27-20(29)17-6-4-3-5-16(17)19(26-27)21(30)33-12-18(28)25-14-7-9-15(10-8-14)34(31,32)22(23)24/h3-10,13,22H,11-12H2,1-2H3,(H,25,28). The fourth-order valence-electron chi connectivity index (χ4n) is 3.08. The monoisotopic (exact) mass is 493 g/mol. The Kier molecular flexibility index (Phi) is 7.40. The van der Waals surface area contributed by atoms with Gasteiger partial charge in [-0.15, -0.1) is 0 Å². The van der Waals surface area contributed by atoms with E-state index in [1.54, 1.807) is 24.3 Å². The van der Waals surface area contributed by atoms with E-state index in [1.807, 2.05) is 13.8 Å². The Hall–Kier alpha value is -3.67. The number of alkyl halides is 2. The number of aromatic nitrogens is 2. The van der Waals surface area contributed by atoms with Gasteiger partial charge in [0.2, 0.25) is 9.84 Å². The Morgan fingerprint density at radius 2 is 1.68 bits per heavy atom. The number of sulfone groups is 1. The molecule has 0 saturated heterocycles. The third-order valence-corrected chi connectivity index (χ3v) is 6.03. The van der Waals surface area contributed by atoms with Gasteiger partial charge in [0.05, 0.1) is 10.3 Å². The lowest BCUT2D eigenvalue weighted by molar-refractivity contribution is -0.119. The van der Waals surface area contributed by atoms with Crippen LogP contribution in [0.4, 0.5) is 14.5 Å². The van der Waals surface area contributed by atoms with Gasteiger partial charge in [0.1, 0.15) is 0 Å². The number of fused-ring (bicyclic) bond motifs is 1. The summed E-state index contributed by atoms with van der Waals surface area (Å²) < 4.78 is 54.3. The summed E-state index contributed by atoms with van der Waals surface area (Å²) in [6, 6.07) is 10.5. The van der Waals surface area contributed by atoms with Crippen LogP contribution >= 0.6 is 0 Å². The molecule has 2 aromatic carbocycles. The number of rotatable bonds is 8. The Morgan fingerprint density at radius 1 is 1.06 bits per heavy atom. The van der Waals surface area contributed by atoms with Crippen molar-refractivity contribution in [1.29, 1.82) is 0 Å². The molecule has 1 N–H and O–H groups in total. The molecule has 180 valence electrons. The summed E-state index contributed by atoms with van der Waals surface area (Å²) >= 11 is 0. The summed E-state index contributed by atoms with van der Waals surface area (Å²) in [4.78, 5) is 36.9. The number of amides is 1. The van der Waals surface area contributed by atoms with Crippen LogP contribution in [-0.2, 0) is 25.9 Å². The second-order valence-electron chi connectivity index (χ2n) is 7.73. The van der Waals surface area contributed by atoms with Crippen LogP contribution in [0.2, 0.25) is 0 Å². The molecule has 0 atom stereocenters. The molecular weight excluding hydrogens is 472 g/mol. The molecule has 34 heavy (non-hydrogen) atoms. The lowest BCUT2D eigenvalue weighted by Gasteiger charge is -2.12. The van der Waals surface area contributed by atoms with Gasteiger partial charge in [-0.05, 0) is 36.2 Å². The molecule has 1 heterocycles. The second-order valence-corrected chi connectivity index (χ2v) is 9.65. The van der Waals surface area contributed by atoms with Crippen LogP contribution in [0.5, 0.6) is 0 Å². The second kappa shape index (κ2) is 10.1. The smallest absolute Gasteiger partial charge is 0.359 e. The van der Waals surface area contributed by atoms with Gasteiger partial charge in [-0.3, -0.25) is 9.59 Å². The number of esters is 1. The van der Waals surface area contributed by atoms with Crippen molar-refractivity contribution < 1.29 is 31.5 Å². The van der Waals surface area contributed by atoms with E-state index in [-0.39, 0.29) is 40.2 Å². The van der Waals surface area contributed by atoms with Crippen molar-refractivity contribution >= 4 is 38.2 Å². The van der Waals surface area contributed by atoms with Crippen LogP contribution in [0.1, 0.15) is 24.3 Å². The van der Waals surface area contributed by atoms with E-state index < -0.39 is 39.0 Å². The van der Waals surface area contributed by atoms with Crippen LogP contribution in [0.15, 0.2) is 58.2 Å². The van der Waals surface area contributed by atoms with Crippen LogP contribution in [0.25, 0.3) is 10.8 Å². The molecule has 0 unspecified atom stereocenters. The SMILES string of the molecule is CC(C)Cn1nc(C(=O)OCC(=O)Nc2ccc(S(=O)(=O)C(F)F)cc2)c2ccccc2c1=O. The van der Waals surface area contributed by atoms with Crippen molar-refractivity contribution in [2.24, 2.45) is 5.92 Å². The Morgan fingerprint density at radius 3 is 2.26 bits per heavy atom. The molecule has 1 aromatic heterocycles. The zero-order valence-electron chi connectivity index (χ0n) is 18.2. The van der Waals surface area contributed by atoms with Gasteiger partial charge >= 0.3 is 11.7 Å². The molecule has 0 aliphatic heterocycles. The van der Waals surface area contributed by atoms with Crippen molar-refractivity contribution in [1.82, 2.24) is 9.78 Å². The van der Waals surface area contributed by atoms with E-state index in [4.69, 9.17) is 4.74 Å². The van der Waals surface area contributed by atoms with Crippen molar-refractivity contribution in [3.63, 3.8) is 0 Å². The van der Waals surface area contributed by atoms with Crippen molar-refractivity contribution in [3.05, 3.63) is 64.6 Å². The molecule has 0 spiro atoms. The van der Waals surface area contributed by atoms with E-state index in [1.165, 1.54) is 4.68 Å². The molecule has 0 saturated carbocycles. The predicted octanol–water partition coefficient (Wildman–Crippen LogP) is 2.84. The maximum Gasteiger partial charge on any atom is 0.359 e. The fourth-order valence-corrected chi connectivity index (χ4v) is 3.80. The van der Waals surface area contributed by atoms with Crippen molar-refractivity contribution in [2.45, 2.75) is 31.0 Å². The molecule has 0 aliphatic rings. The van der Waals surface area contributed by atoms with Crippen LogP contribution < -0.4 is 10.9 Å². The number of hydrogen-bond acceptors (Lipinski definition) is 7. The quantitative estimate of drug-likeness (QED) is 0.479. The number of ether oxygens (including phenoxy) is 1. The number of carbonyl (C=O) groups is 2. The summed E-state index contributed by atoms with van der Waals surface area (Å²) in [5.74, 6) is -5.14. The van der Waals surface area contributed by atoms with E-state index in [2.05, 4.69) is 10.4 Å². The van der Waals surface area contributed by atoms with Gasteiger partial charge in [0, 0.05) is 17.6 Å². The predicted molar refractivity (Wildman–Crippen MR) is 119 cm³/mol. The minimum absolute atomic E-state index is 0.0862. The molecular formula is C22H21F2N3O6S. The molecule has 0 radical (unpaired) electrons. The summed E-state index contributed by atoms with van der Waals surface area (Å²) in [7, 11) is -4.75. The van der Waals surface area contributed by atoms with Gasteiger partial charge in [-0.1, -0.05) is 32.0 Å². The van der Waals surface area contributed by atoms with Crippen LogP contribution in [0, 0.1) is 5.92 Å². The number of nitrogens with one attached hydrogen (secondary N) is 1. The molecule has 3 aromatic rings. The van der Waals surface area contributed by atoms with E-state index >= 15 is 0 Å². The Bertz CT molecular complexity index is 1390. The number of anilines is 1. The third-order valence-electron chi connectivity index (χ3n) is 4.63. The van der Waals surface area contributed by atoms with Gasteiger partial charge in [0.25, 0.3) is 11.5 Å². The first-order chi connectivity index (χ1) is 16.0. The number of nitrogens with zero attached hydrogens (tertiary/aromatic N) is 2. The van der Waals surface area contributed by atoms with Crippen LogP contribution in [0.3, 0.4) is 0 Å². The lowest BCUT2D eigenvalue weighted by atomic mass is 10.1. The number of carbonyl (C=O) groups excluding carboxylic acids is 2. The van der Waals surface area contributed by atoms with E-state index in [0.717, 1.165) is 24.3 Å². The van der Waals surface area contributed by atoms with Crippen molar-refractivity contribution in [3.8, 4) is 0 Å². The summed E-state index contributed by atoms with van der Waals surface area (Å²) in [6.07, 6.45) is 0. The highest BCUT2D eigenvalue weighted by atomic mass is 32.2. The molecule has 9 nitrogen and oxygen atoms in total. The Labute approximate surface area is 193 Å². The number of benzene rings is 2. The zero-order valence-corrected chi connectivity index (χ0v) is 19.0. The average molecular weight is 493 g/mol. The molecule has 3 rings (SSSR count). The van der Waals surface area contributed by atoms with Crippen molar-refractivity contribution in [2.75, 3.05) is 11.9 Å². The van der Waals surface area contributed by atoms with Gasteiger partial charge < -0.3 is 10.1 Å². The maximum absolute atomic E-state index is 12.7. The van der Waals surface area contributed by atoms with Gasteiger partial charge in [-0.2, -0.15) is 13.9 Å². The van der Waals surface area contributed by atoms with Gasteiger partial charge in [-0.25, -0.2) is 17.9 Å². The minimum Gasteiger partial charge on any atom is -0.451 e. The van der Waals surface area contributed by atoms with Gasteiger partial charge in [0.15, 0.2) is 12.3 Å². The zero-order chi connectivity index (χ0) is 25.0. The maximum atomic E-state index is 12.7. The molecule has 0 bridgehead atoms.